The molecular formula is C78H79NO12S4. The molecule has 9 N–H and O–H groups in total. The number of carbonyl (C=O) groups is 1. The summed E-state index contributed by atoms with van der Waals surface area (Å²) in [6, 6.07) is 32.1. The summed E-state index contributed by atoms with van der Waals surface area (Å²) in [5.74, 6) is -1.76. The number of ketones is 1. The monoisotopic (exact) mass is 1350 g/mol. The molecule has 22 bridgehead atoms. The first-order valence-electron chi connectivity index (χ1n) is 33.9. The standard InChI is InChI=1S/C78H79NO12S4/c1-38(2)23-48-30-54-57-37-93-94-64-28-41(36-79-70(64)46-10-4-8-40(26-46)27-53(57)71(48)85)24-39-7-3-9-42(25-39)50-16-17-51(72(50)86)44-13-14-47(60(83)31-44)35-78-58-18-15-45-29-43(11-5-20-80)49(19-21-81)52-32-55-66(68(58)65(45)52)56(77(78)89)33-62(59(82)12-6-22-92-95-78)90-76-67(55)61(84)34-63-69(76)73(87)74(88)75(54)91-63/h3-4,7-10,13-18,25-26,30-32,34,38,41,43,49-51,56,59,62,64,70,77,79-85,88-89H,5-6,11-12,19-24,27-29,33,35-37H2,1-2H3/t41-,43+,49+,50-,51+,56+,59-,62+,64+,70-,77-,78-/m1/s1. The van der Waals surface area contributed by atoms with E-state index in [0.717, 1.165) is 69.1 Å². The zero-order valence-corrected chi connectivity index (χ0v) is 56.5. The van der Waals surface area contributed by atoms with Crippen LogP contribution in [-0.2, 0) is 47.4 Å². The SMILES string of the molecule is CC(C)Cc1cc2c3c(c1O)Cc1cccc(c1)[C@H]1NC[C@H](Cc4cccc(c4)[C@H]4C=C[C@H](C4=O)c4ccc(c(O)c4)C[C@@]45SSCCC[C@@H](O)[C@@H]6C[C@@H](c7c(cc8c9c(ccc4c79)C[C@H](CCCO)[C@@H]8CCO)-c4c(O)cc7oc-2c(O)c(=O)c7c4O6)[C@H]5O)C[C@@H]1SSC3. The van der Waals surface area contributed by atoms with Crippen LogP contribution in [0, 0.1) is 17.8 Å². The average Bonchev–Trinajstić information content (AvgIpc) is 0.821. The van der Waals surface area contributed by atoms with E-state index in [0.29, 0.717) is 107 Å². The van der Waals surface area contributed by atoms with Gasteiger partial charge < -0.3 is 55.3 Å². The van der Waals surface area contributed by atoms with Crippen LogP contribution in [0.2, 0.25) is 0 Å². The van der Waals surface area contributed by atoms with Gasteiger partial charge >= 0.3 is 0 Å². The van der Waals surface area contributed by atoms with Crippen molar-refractivity contribution < 1.29 is 54.8 Å². The van der Waals surface area contributed by atoms with E-state index in [2.05, 4.69) is 73.8 Å². The van der Waals surface area contributed by atoms with Crippen molar-refractivity contribution in [3.63, 3.8) is 0 Å². The van der Waals surface area contributed by atoms with Crippen molar-refractivity contribution in [3.8, 4) is 51.2 Å². The first kappa shape index (κ1) is 63.4. The molecule has 11 aliphatic heterocycles. The van der Waals surface area contributed by atoms with Crippen molar-refractivity contribution in [1.82, 2.24) is 5.32 Å². The normalized spacial score (nSPS) is 27.4. The van der Waals surface area contributed by atoms with E-state index < -0.39 is 52.0 Å². The van der Waals surface area contributed by atoms with Gasteiger partial charge in [0.2, 0.25) is 11.2 Å². The number of hydrogen-bond donors (Lipinski definition) is 9. The van der Waals surface area contributed by atoms with Crippen molar-refractivity contribution in [3.05, 3.63) is 192 Å². The minimum Gasteiger partial charge on any atom is -0.508 e. The van der Waals surface area contributed by atoms with Crippen LogP contribution >= 0.6 is 43.2 Å². The number of ether oxygens (including phenoxy) is 1. The molecule has 2 saturated heterocycles. The second-order valence-corrected chi connectivity index (χ2v) is 33.8. The van der Waals surface area contributed by atoms with E-state index in [4.69, 9.17) is 9.15 Å². The first-order valence-corrected chi connectivity index (χ1v) is 38.6. The van der Waals surface area contributed by atoms with Gasteiger partial charge in [-0.1, -0.05) is 142 Å². The van der Waals surface area contributed by atoms with E-state index in [1.807, 2.05) is 42.5 Å². The number of piperidine rings is 1. The summed E-state index contributed by atoms with van der Waals surface area (Å²) in [4.78, 5) is 30.8. The van der Waals surface area contributed by atoms with E-state index in [1.54, 1.807) is 49.2 Å². The molecular weight excluding hydrogens is 1270 g/mol. The number of fused-ring (bicyclic) bond motifs is 4. The van der Waals surface area contributed by atoms with Gasteiger partial charge in [-0.25, -0.2) is 0 Å². The summed E-state index contributed by atoms with van der Waals surface area (Å²) >= 11 is 0. The number of rotatable bonds is 7. The lowest BCUT2D eigenvalue weighted by atomic mass is 9.62. The van der Waals surface area contributed by atoms with Gasteiger partial charge in [0.15, 0.2) is 11.5 Å². The van der Waals surface area contributed by atoms with Crippen LogP contribution in [0.25, 0.3) is 44.2 Å². The van der Waals surface area contributed by atoms with Crippen LogP contribution in [0.4, 0.5) is 0 Å². The van der Waals surface area contributed by atoms with Gasteiger partial charge in [-0.05, 0) is 202 Å². The molecule has 492 valence electrons. The summed E-state index contributed by atoms with van der Waals surface area (Å²) < 4.78 is 13.1. The van der Waals surface area contributed by atoms with Gasteiger partial charge in [0.05, 0.1) is 34.4 Å². The van der Waals surface area contributed by atoms with Crippen molar-refractivity contribution in [1.29, 1.82) is 0 Å². The Kier molecular flexibility index (Phi) is 16.8. The highest BCUT2D eigenvalue weighted by atomic mass is 33.1. The predicted octanol–water partition coefficient (Wildman–Crippen LogP) is 14.4. The average molecular weight is 1350 g/mol. The highest BCUT2D eigenvalue weighted by Gasteiger charge is 2.54. The van der Waals surface area contributed by atoms with Gasteiger partial charge in [-0.2, -0.15) is 0 Å². The van der Waals surface area contributed by atoms with Crippen molar-refractivity contribution >= 4 is 70.7 Å². The zero-order valence-electron chi connectivity index (χ0n) is 53.2. The number of nitrogens with one attached hydrogen (secondary N) is 1. The van der Waals surface area contributed by atoms with Gasteiger partial charge in [0, 0.05) is 65.5 Å². The van der Waals surface area contributed by atoms with Crippen molar-refractivity contribution in [2.24, 2.45) is 17.8 Å². The Morgan fingerprint density at radius 2 is 1.54 bits per heavy atom. The molecule has 17 heteroatoms. The van der Waals surface area contributed by atoms with Crippen molar-refractivity contribution in [2.45, 2.75) is 155 Å². The molecule has 0 unspecified atom stereocenters. The Morgan fingerprint density at radius 1 is 0.747 bits per heavy atom. The fourth-order valence-electron chi connectivity index (χ4n) is 17.8. The molecule has 8 aromatic rings. The van der Waals surface area contributed by atoms with Gasteiger partial charge in [0.1, 0.15) is 40.1 Å². The molecule has 12 heterocycles. The Bertz CT molecular complexity index is 4530. The highest BCUT2D eigenvalue weighted by Crippen LogP contribution is 2.65. The van der Waals surface area contributed by atoms with Crippen LogP contribution in [-0.4, -0.2) is 95.7 Å². The Balaban J connectivity index is 0.967. The number of hydrogen-bond acceptors (Lipinski definition) is 17. The molecule has 13 nitrogen and oxygen atoms in total. The molecule has 0 amide bonds. The third-order valence-corrected chi connectivity index (χ3v) is 28.2. The summed E-state index contributed by atoms with van der Waals surface area (Å²) in [6.07, 6.45) is 6.40. The van der Waals surface area contributed by atoms with Gasteiger partial charge in [-0.15, -0.1) is 0 Å². The third-order valence-electron chi connectivity index (χ3n) is 22.2. The van der Waals surface area contributed by atoms with Crippen molar-refractivity contribution in [2.75, 3.05) is 25.5 Å². The minimum atomic E-state index is -1.21. The lowest BCUT2D eigenvalue weighted by Crippen LogP contribution is -2.48. The molecule has 1 aromatic heterocycles. The summed E-state index contributed by atoms with van der Waals surface area (Å²) in [7, 11) is 6.62. The maximum absolute atomic E-state index is 16.0. The van der Waals surface area contributed by atoms with Crippen LogP contribution in [0.15, 0.2) is 118 Å². The van der Waals surface area contributed by atoms with E-state index in [1.165, 1.54) is 6.07 Å². The second-order valence-electron chi connectivity index (χ2n) is 28.5. The lowest BCUT2D eigenvalue weighted by Gasteiger charge is -2.49. The Hall–Kier alpha value is -6.38. The smallest absolute Gasteiger partial charge is 0.238 e. The van der Waals surface area contributed by atoms with Crippen LogP contribution in [0.1, 0.15) is 161 Å². The number of aromatic hydroxyl groups is 4. The highest BCUT2D eigenvalue weighted by molar-refractivity contribution is 8.77. The number of aliphatic hydroxyl groups excluding tert-OH is 4. The van der Waals surface area contributed by atoms with Gasteiger partial charge in [0.25, 0.3) is 0 Å². The topological polar surface area (TPSA) is 230 Å². The maximum atomic E-state index is 16.0. The number of benzene rings is 7. The molecule has 0 saturated carbocycles. The first-order chi connectivity index (χ1) is 46.1. The quantitative estimate of drug-likeness (QED) is 0.0534. The van der Waals surface area contributed by atoms with E-state index in [-0.39, 0.29) is 112 Å². The van der Waals surface area contributed by atoms with E-state index >= 15 is 4.79 Å². The predicted molar refractivity (Wildman–Crippen MR) is 379 cm³/mol. The molecule has 12 atom stereocenters. The van der Waals surface area contributed by atoms with Crippen LogP contribution in [0.5, 0.6) is 28.7 Å². The molecule has 7 aromatic carbocycles. The van der Waals surface area contributed by atoms with E-state index in [9.17, 15) is 45.6 Å². The number of allylic oxidation sites excluding steroid dienone is 2. The Morgan fingerprint density at radius 3 is 2.34 bits per heavy atom. The number of phenols is 3. The molecule has 14 aliphatic rings. The van der Waals surface area contributed by atoms with Crippen LogP contribution in [0.3, 0.4) is 0 Å². The second kappa shape index (κ2) is 25.2. The minimum absolute atomic E-state index is 0.00127. The fourth-order valence-corrected chi connectivity index (χ4v) is 24.2. The number of Topliss-reactive ketones (excluding diaryl/α,β-unsaturated/α-hetero) is 1. The molecule has 22 rings (SSSR count). The maximum Gasteiger partial charge on any atom is 0.238 e. The van der Waals surface area contributed by atoms with Crippen LogP contribution < -0.4 is 15.5 Å². The molecule has 3 aliphatic carbocycles. The summed E-state index contributed by atoms with van der Waals surface area (Å²) in [5.41, 5.74) is 11.2. The molecule has 95 heavy (non-hydrogen) atoms. The number of phenolic OH excluding ortho intramolecular Hbond substituents is 3. The molecule has 1 spiro atoms. The molecule has 2 fully saturated rings. The third kappa shape index (κ3) is 10.7. The largest absolute Gasteiger partial charge is 0.508 e. The van der Waals surface area contributed by atoms with Gasteiger partial charge in [-0.3, -0.25) is 9.59 Å². The number of carbonyl (C=O) groups excluding carboxylic acids is 1. The zero-order chi connectivity index (χ0) is 65.3. The lowest BCUT2D eigenvalue weighted by molar-refractivity contribution is -0.119. The summed E-state index contributed by atoms with van der Waals surface area (Å²) in [5, 5.41) is 105. The number of aliphatic hydroxyl groups is 4. The fraction of sp³-hybridized carbons (Fsp3) is 0.410. The summed E-state index contributed by atoms with van der Waals surface area (Å²) in [6.45, 7) is 4.81. The Labute approximate surface area is 568 Å². The molecule has 0 radical (unpaired) electrons.